The van der Waals surface area contributed by atoms with Crippen LogP contribution in [0.25, 0.3) is 0 Å². The fraction of sp³-hybridized carbons (Fsp3) is 0.200. The highest BCUT2D eigenvalue weighted by atomic mass is 79.9. The molecule has 4 heteroatoms. The van der Waals surface area contributed by atoms with Gasteiger partial charge in [-0.2, -0.15) is 0 Å². The van der Waals surface area contributed by atoms with Crippen LogP contribution in [0.4, 0.5) is 0 Å². The van der Waals surface area contributed by atoms with E-state index < -0.39 is 0 Å². The molecule has 0 saturated carbocycles. The molecule has 0 fully saturated rings. The molecule has 2 aromatic rings. The van der Waals surface area contributed by atoms with Crippen molar-refractivity contribution in [3.8, 4) is 0 Å². The van der Waals surface area contributed by atoms with E-state index in [0.29, 0.717) is 12.1 Å². The Morgan fingerprint density at radius 3 is 2.58 bits per heavy atom. The predicted octanol–water partition coefficient (Wildman–Crippen LogP) is 3.42. The summed E-state index contributed by atoms with van der Waals surface area (Å²) < 4.78 is 0.832. The smallest absolute Gasteiger partial charge is 0.255 e. The lowest BCUT2D eigenvalue weighted by atomic mass is 10.1. The van der Waals surface area contributed by atoms with E-state index >= 15 is 0 Å². The van der Waals surface area contributed by atoms with E-state index in [1.165, 1.54) is 0 Å². The number of carbonyl (C=O) groups is 1. The van der Waals surface area contributed by atoms with Gasteiger partial charge in [-0.05, 0) is 58.2 Å². The quantitative estimate of drug-likeness (QED) is 0.868. The first-order valence-electron chi connectivity index (χ1n) is 5.98. The summed E-state index contributed by atoms with van der Waals surface area (Å²) in [6.07, 6.45) is 3.46. The van der Waals surface area contributed by atoms with Crippen LogP contribution in [0.3, 0.4) is 0 Å². The lowest BCUT2D eigenvalue weighted by molar-refractivity contribution is 0.0784. The summed E-state index contributed by atoms with van der Waals surface area (Å²) in [5.41, 5.74) is 2.87. The van der Waals surface area contributed by atoms with Crippen molar-refractivity contribution in [2.45, 2.75) is 13.5 Å². The second-order valence-electron chi connectivity index (χ2n) is 4.50. The molecule has 2 rings (SSSR count). The molecule has 1 aromatic heterocycles. The van der Waals surface area contributed by atoms with E-state index in [4.69, 9.17) is 0 Å². The number of amides is 1. The largest absolute Gasteiger partial charge is 0.337 e. The van der Waals surface area contributed by atoms with Crippen molar-refractivity contribution in [2.24, 2.45) is 0 Å². The number of pyridine rings is 1. The lowest BCUT2D eigenvalue weighted by Crippen LogP contribution is -2.26. The van der Waals surface area contributed by atoms with Gasteiger partial charge in [0.15, 0.2) is 0 Å². The van der Waals surface area contributed by atoms with Gasteiger partial charge in [0.05, 0.1) is 5.56 Å². The summed E-state index contributed by atoms with van der Waals surface area (Å²) >= 11 is 3.44. The van der Waals surface area contributed by atoms with Crippen molar-refractivity contribution in [3.05, 3.63) is 63.9 Å². The molecule has 0 radical (unpaired) electrons. The molecular weight excluding hydrogens is 304 g/mol. The number of halogens is 1. The zero-order valence-corrected chi connectivity index (χ0v) is 12.5. The average molecular weight is 319 g/mol. The van der Waals surface area contributed by atoms with E-state index in [1.54, 1.807) is 24.3 Å². The first kappa shape index (κ1) is 13.7. The minimum atomic E-state index is 0.00341. The molecular formula is C15H15BrN2O. The zero-order chi connectivity index (χ0) is 13.8. The zero-order valence-electron chi connectivity index (χ0n) is 10.9. The van der Waals surface area contributed by atoms with Crippen LogP contribution in [-0.2, 0) is 6.54 Å². The van der Waals surface area contributed by atoms with Gasteiger partial charge in [0, 0.05) is 30.5 Å². The molecule has 0 unspecified atom stereocenters. The maximum Gasteiger partial charge on any atom is 0.255 e. The molecule has 0 bridgehead atoms. The van der Waals surface area contributed by atoms with Gasteiger partial charge in [0.1, 0.15) is 0 Å². The second kappa shape index (κ2) is 5.97. The van der Waals surface area contributed by atoms with Crippen molar-refractivity contribution in [3.63, 3.8) is 0 Å². The van der Waals surface area contributed by atoms with Crippen LogP contribution >= 0.6 is 15.9 Å². The van der Waals surface area contributed by atoms with Crippen molar-refractivity contribution in [1.29, 1.82) is 0 Å². The minimum absolute atomic E-state index is 0.00341. The standard InChI is InChI=1S/C15H15BrN2O/c1-11-3-4-13(14(16)9-11)15(19)18(2)10-12-5-7-17-8-6-12/h3-9H,10H2,1-2H3. The molecule has 0 atom stereocenters. The number of rotatable bonds is 3. The Kier molecular flexibility index (Phi) is 4.32. The number of carbonyl (C=O) groups excluding carboxylic acids is 1. The predicted molar refractivity (Wildman–Crippen MR) is 78.9 cm³/mol. The van der Waals surface area contributed by atoms with Crippen LogP contribution in [0.5, 0.6) is 0 Å². The van der Waals surface area contributed by atoms with Crippen molar-refractivity contribution >= 4 is 21.8 Å². The van der Waals surface area contributed by atoms with E-state index in [-0.39, 0.29) is 5.91 Å². The number of aromatic nitrogens is 1. The van der Waals surface area contributed by atoms with Gasteiger partial charge in [-0.25, -0.2) is 0 Å². The molecule has 98 valence electrons. The average Bonchev–Trinajstić information content (AvgIpc) is 2.39. The first-order chi connectivity index (χ1) is 9.08. The summed E-state index contributed by atoms with van der Waals surface area (Å²) in [7, 11) is 1.80. The molecule has 3 nitrogen and oxygen atoms in total. The highest BCUT2D eigenvalue weighted by molar-refractivity contribution is 9.10. The van der Waals surface area contributed by atoms with Gasteiger partial charge in [-0.15, -0.1) is 0 Å². The molecule has 1 heterocycles. The fourth-order valence-electron chi connectivity index (χ4n) is 1.83. The summed E-state index contributed by atoms with van der Waals surface area (Å²) in [6, 6.07) is 9.57. The molecule has 0 spiro atoms. The monoisotopic (exact) mass is 318 g/mol. The van der Waals surface area contributed by atoms with Gasteiger partial charge in [0.2, 0.25) is 0 Å². The molecule has 0 aliphatic heterocycles. The van der Waals surface area contributed by atoms with Gasteiger partial charge in [0.25, 0.3) is 5.91 Å². The maximum atomic E-state index is 12.4. The molecule has 0 saturated heterocycles. The molecule has 0 N–H and O–H groups in total. The van der Waals surface area contributed by atoms with Gasteiger partial charge < -0.3 is 4.90 Å². The number of benzene rings is 1. The van der Waals surface area contributed by atoms with E-state index in [0.717, 1.165) is 15.6 Å². The van der Waals surface area contributed by atoms with Crippen molar-refractivity contribution < 1.29 is 4.79 Å². The number of hydrogen-bond donors (Lipinski definition) is 0. The SMILES string of the molecule is Cc1ccc(C(=O)N(C)Cc2ccncc2)c(Br)c1. The summed E-state index contributed by atoms with van der Waals surface area (Å²) in [6.45, 7) is 2.57. The van der Waals surface area contributed by atoms with Crippen molar-refractivity contribution in [2.75, 3.05) is 7.05 Å². The summed E-state index contributed by atoms with van der Waals surface area (Å²) in [5.74, 6) is 0.00341. The normalized spacial score (nSPS) is 10.3. The Bertz CT molecular complexity index is 584. The highest BCUT2D eigenvalue weighted by Gasteiger charge is 2.14. The van der Waals surface area contributed by atoms with Crippen LogP contribution in [-0.4, -0.2) is 22.8 Å². The maximum absolute atomic E-state index is 12.4. The fourth-order valence-corrected chi connectivity index (χ4v) is 2.50. The van der Waals surface area contributed by atoms with E-state index in [9.17, 15) is 4.79 Å². The molecule has 1 amide bonds. The van der Waals surface area contributed by atoms with Gasteiger partial charge >= 0.3 is 0 Å². The minimum Gasteiger partial charge on any atom is -0.337 e. The Morgan fingerprint density at radius 2 is 1.95 bits per heavy atom. The number of hydrogen-bond acceptors (Lipinski definition) is 2. The third kappa shape index (κ3) is 3.41. The van der Waals surface area contributed by atoms with Crippen LogP contribution in [0.1, 0.15) is 21.5 Å². The lowest BCUT2D eigenvalue weighted by Gasteiger charge is -2.18. The van der Waals surface area contributed by atoms with Crippen LogP contribution < -0.4 is 0 Å². The van der Waals surface area contributed by atoms with E-state index in [1.807, 2.05) is 37.3 Å². The topological polar surface area (TPSA) is 33.2 Å². The Morgan fingerprint density at radius 1 is 1.26 bits per heavy atom. The Hall–Kier alpha value is -1.68. The first-order valence-corrected chi connectivity index (χ1v) is 6.78. The molecule has 19 heavy (non-hydrogen) atoms. The van der Waals surface area contributed by atoms with Crippen LogP contribution in [0.15, 0.2) is 47.2 Å². The number of aryl methyl sites for hydroxylation is 1. The third-order valence-electron chi connectivity index (χ3n) is 2.87. The van der Waals surface area contributed by atoms with Crippen LogP contribution in [0.2, 0.25) is 0 Å². The van der Waals surface area contributed by atoms with Crippen molar-refractivity contribution in [1.82, 2.24) is 9.88 Å². The molecule has 0 aliphatic rings. The second-order valence-corrected chi connectivity index (χ2v) is 5.35. The third-order valence-corrected chi connectivity index (χ3v) is 3.53. The van der Waals surface area contributed by atoms with Crippen LogP contribution in [0, 0.1) is 6.92 Å². The number of nitrogens with zero attached hydrogens (tertiary/aromatic N) is 2. The molecule has 0 aliphatic carbocycles. The van der Waals surface area contributed by atoms with Gasteiger partial charge in [-0.3, -0.25) is 9.78 Å². The molecule has 1 aromatic carbocycles. The summed E-state index contributed by atoms with van der Waals surface area (Å²) in [5, 5.41) is 0. The summed E-state index contributed by atoms with van der Waals surface area (Å²) in [4.78, 5) is 18.0. The van der Waals surface area contributed by atoms with Gasteiger partial charge in [-0.1, -0.05) is 6.07 Å². The highest BCUT2D eigenvalue weighted by Crippen LogP contribution is 2.20. The Labute approximate surface area is 121 Å². The van der Waals surface area contributed by atoms with E-state index in [2.05, 4.69) is 20.9 Å². The Balaban J connectivity index is 2.15.